The Balaban J connectivity index is 0.000000151. The molecule has 2 heterocycles. The number of furan rings is 2. The number of para-hydroxylation sites is 2. The van der Waals surface area contributed by atoms with Crippen LogP contribution in [0.4, 0.5) is 34.1 Å². The first-order chi connectivity index (χ1) is 55.5. The van der Waals surface area contributed by atoms with E-state index >= 15 is 0 Å². The molecule has 0 saturated heterocycles. The maximum absolute atomic E-state index is 6.33. The molecule has 0 spiro atoms. The lowest BCUT2D eigenvalue weighted by atomic mass is 9.96. The third-order valence-corrected chi connectivity index (χ3v) is 21.4. The minimum atomic E-state index is 0.873. The van der Waals surface area contributed by atoms with Crippen molar-refractivity contribution in [2.45, 2.75) is 0 Å². The molecular formula is C108H74N2O2. The summed E-state index contributed by atoms with van der Waals surface area (Å²) in [6.45, 7) is 0. The van der Waals surface area contributed by atoms with Crippen LogP contribution in [0, 0.1) is 0 Å². The fourth-order valence-electron chi connectivity index (χ4n) is 15.5. The molecule has 0 radical (unpaired) electrons. The van der Waals surface area contributed by atoms with Crippen LogP contribution in [0.2, 0.25) is 0 Å². The van der Waals surface area contributed by atoms with Gasteiger partial charge in [0.2, 0.25) is 0 Å². The first-order valence-corrected chi connectivity index (χ1v) is 38.1. The predicted octanol–water partition coefficient (Wildman–Crippen LogP) is 30.8. The molecule has 20 aromatic rings. The third-order valence-electron chi connectivity index (χ3n) is 21.4. The predicted molar refractivity (Wildman–Crippen MR) is 471 cm³/mol. The SMILES string of the molecule is c1ccc(-c2ccc(-c3cccc(-c4ccc(-c5ccc(N(c6ccc(-c7ccccc7)cc6)c6ccc7c(c6)oc6ccccc67)cc5)cc4)c3)cc2)cc1.c1ccc(-c2ccc(N(c3ccc(-c4ccc(-c5ccc(-c6cccc(-c7ccccc7)c6)cc5)cc4)cc3)c3ccc4c(c3)oc3ccccc34)cc2)cc1. The van der Waals surface area contributed by atoms with E-state index in [1.165, 1.54) is 111 Å². The lowest BCUT2D eigenvalue weighted by molar-refractivity contribution is 0.668. The first-order valence-electron chi connectivity index (χ1n) is 38.1. The Morgan fingerprint density at radius 2 is 0.295 bits per heavy atom. The van der Waals surface area contributed by atoms with Gasteiger partial charge in [-0.05, 0) is 208 Å². The highest BCUT2D eigenvalue weighted by Gasteiger charge is 2.20. The molecule has 0 aliphatic rings. The summed E-state index contributed by atoms with van der Waals surface area (Å²) in [5.74, 6) is 0. The zero-order chi connectivity index (χ0) is 74.5. The van der Waals surface area contributed by atoms with Crippen molar-refractivity contribution in [1.29, 1.82) is 0 Å². The van der Waals surface area contributed by atoms with Crippen LogP contribution in [-0.4, -0.2) is 0 Å². The summed E-state index contributed by atoms with van der Waals surface area (Å²) in [5.41, 5.74) is 33.9. The van der Waals surface area contributed by atoms with Crippen molar-refractivity contribution in [2.75, 3.05) is 9.80 Å². The first kappa shape index (κ1) is 67.7. The Hall–Kier alpha value is -14.8. The molecule has 0 unspecified atom stereocenters. The molecule has 0 aliphatic carbocycles. The second-order valence-corrected chi connectivity index (χ2v) is 28.4. The number of nitrogens with zero attached hydrogens (tertiary/aromatic N) is 2. The van der Waals surface area contributed by atoms with Gasteiger partial charge in [0.05, 0.1) is 0 Å². The second-order valence-electron chi connectivity index (χ2n) is 28.4. The van der Waals surface area contributed by atoms with E-state index in [-0.39, 0.29) is 0 Å². The van der Waals surface area contributed by atoms with Crippen molar-refractivity contribution in [3.05, 3.63) is 449 Å². The van der Waals surface area contributed by atoms with Crippen molar-refractivity contribution >= 4 is 78.0 Å². The van der Waals surface area contributed by atoms with Gasteiger partial charge < -0.3 is 18.6 Å². The van der Waals surface area contributed by atoms with E-state index in [4.69, 9.17) is 8.83 Å². The standard InChI is InChI=1S/2C54H37NO/c1-3-10-38(11-4-1)40-18-22-44(23-19-40)46-14-9-15-47(36-46)45-24-20-41(21-25-45)43-28-32-49(33-29-43)55(48-30-26-42(27-31-48)39-12-5-2-6-13-39)50-34-35-52-51-16-7-8-17-53(51)56-54(52)37-50;1-3-10-38(11-4-1)43-26-30-48(31-27-43)55(50-34-35-52-51-16-7-8-17-53(51)56-54(52)37-50)49-32-28-44(29-33-49)42-20-18-40(19-21-42)41-22-24-45(25-23-41)47-15-9-14-46(36-47)39-12-5-2-6-13-39/h2*1-37H. The fourth-order valence-corrected chi connectivity index (χ4v) is 15.5. The highest BCUT2D eigenvalue weighted by molar-refractivity contribution is 6.07. The molecule has 528 valence electrons. The molecule has 112 heavy (non-hydrogen) atoms. The van der Waals surface area contributed by atoms with Crippen LogP contribution in [0.25, 0.3) is 155 Å². The topological polar surface area (TPSA) is 32.8 Å². The molecule has 2 aromatic heterocycles. The zero-order valence-electron chi connectivity index (χ0n) is 61.4. The Labute approximate surface area is 652 Å². The molecule has 0 amide bonds. The maximum atomic E-state index is 6.33. The molecule has 0 atom stereocenters. The Morgan fingerprint density at radius 3 is 0.554 bits per heavy atom. The molecule has 18 aromatic carbocycles. The maximum Gasteiger partial charge on any atom is 0.137 e. The van der Waals surface area contributed by atoms with Crippen molar-refractivity contribution in [2.24, 2.45) is 0 Å². The van der Waals surface area contributed by atoms with E-state index in [1.807, 2.05) is 24.3 Å². The van der Waals surface area contributed by atoms with Gasteiger partial charge in [0.25, 0.3) is 0 Å². The van der Waals surface area contributed by atoms with Gasteiger partial charge in [-0.3, -0.25) is 0 Å². The molecular weight excluding hydrogens is 1360 g/mol. The summed E-state index contributed by atoms with van der Waals surface area (Å²) in [5, 5.41) is 4.49. The summed E-state index contributed by atoms with van der Waals surface area (Å²) in [6.07, 6.45) is 0. The summed E-state index contributed by atoms with van der Waals surface area (Å²) in [6, 6.07) is 160. The van der Waals surface area contributed by atoms with Crippen LogP contribution in [0.3, 0.4) is 0 Å². The highest BCUT2D eigenvalue weighted by atomic mass is 16.3. The molecule has 0 aliphatic heterocycles. The normalized spacial score (nSPS) is 11.2. The van der Waals surface area contributed by atoms with Gasteiger partial charge >= 0.3 is 0 Å². The molecule has 20 rings (SSSR count). The van der Waals surface area contributed by atoms with Crippen LogP contribution < -0.4 is 9.80 Å². The average Bonchev–Trinajstić information content (AvgIpc) is 1.46. The molecule has 0 fully saturated rings. The highest BCUT2D eigenvalue weighted by Crippen LogP contribution is 2.44. The van der Waals surface area contributed by atoms with Gasteiger partial charge in [-0.25, -0.2) is 0 Å². The largest absolute Gasteiger partial charge is 0.456 e. The van der Waals surface area contributed by atoms with Crippen LogP contribution in [0.5, 0.6) is 0 Å². The van der Waals surface area contributed by atoms with Crippen molar-refractivity contribution in [1.82, 2.24) is 0 Å². The molecule has 0 bridgehead atoms. The van der Waals surface area contributed by atoms with Gasteiger partial charge in [-0.1, -0.05) is 340 Å². The molecule has 0 saturated carbocycles. The van der Waals surface area contributed by atoms with Crippen molar-refractivity contribution in [3.8, 4) is 111 Å². The van der Waals surface area contributed by atoms with Crippen LogP contribution >= 0.6 is 0 Å². The van der Waals surface area contributed by atoms with Crippen molar-refractivity contribution in [3.63, 3.8) is 0 Å². The van der Waals surface area contributed by atoms with Crippen LogP contribution in [0.15, 0.2) is 458 Å². The Morgan fingerprint density at radius 1 is 0.116 bits per heavy atom. The average molecular weight is 1430 g/mol. The monoisotopic (exact) mass is 1430 g/mol. The quantitative estimate of drug-likeness (QED) is 0.0965. The van der Waals surface area contributed by atoms with Crippen LogP contribution in [0.1, 0.15) is 0 Å². The minimum Gasteiger partial charge on any atom is -0.456 e. The second kappa shape index (κ2) is 30.4. The van der Waals surface area contributed by atoms with E-state index in [0.717, 1.165) is 78.0 Å². The van der Waals surface area contributed by atoms with E-state index in [9.17, 15) is 0 Å². The molecule has 4 heteroatoms. The van der Waals surface area contributed by atoms with Gasteiger partial charge in [0.1, 0.15) is 22.3 Å². The van der Waals surface area contributed by atoms with Gasteiger partial charge in [0, 0.05) is 67.8 Å². The number of hydrogen-bond donors (Lipinski definition) is 0. The minimum absolute atomic E-state index is 0.873. The van der Waals surface area contributed by atoms with E-state index in [0.29, 0.717) is 0 Å². The molecule has 4 nitrogen and oxygen atoms in total. The lowest BCUT2D eigenvalue weighted by Crippen LogP contribution is -2.09. The van der Waals surface area contributed by atoms with E-state index < -0.39 is 0 Å². The number of hydrogen-bond acceptors (Lipinski definition) is 4. The number of benzene rings is 18. The van der Waals surface area contributed by atoms with Gasteiger partial charge in [-0.2, -0.15) is 0 Å². The van der Waals surface area contributed by atoms with Crippen LogP contribution in [-0.2, 0) is 0 Å². The third kappa shape index (κ3) is 14.0. The van der Waals surface area contributed by atoms with E-state index in [1.54, 1.807) is 0 Å². The van der Waals surface area contributed by atoms with Gasteiger partial charge in [-0.15, -0.1) is 0 Å². The fraction of sp³-hybridized carbons (Fsp3) is 0. The Bertz CT molecular complexity index is 6640. The summed E-state index contributed by atoms with van der Waals surface area (Å²) >= 11 is 0. The zero-order valence-corrected chi connectivity index (χ0v) is 61.4. The number of anilines is 6. The summed E-state index contributed by atoms with van der Waals surface area (Å²) < 4.78 is 12.7. The van der Waals surface area contributed by atoms with Crippen molar-refractivity contribution < 1.29 is 8.83 Å². The number of fused-ring (bicyclic) bond motifs is 6. The number of rotatable bonds is 16. The van der Waals surface area contributed by atoms with E-state index in [2.05, 4.69) is 434 Å². The summed E-state index contributed by atoms with van der Waals surface area (Å²) in [7, 11) is 0. The Kier molecular flexibility index (Phi) is 18.4. The lowest BCUT2D eigenvalue weighted by Gasteiger charge is -2.26. The smallest absolute Gasteiger partial charge is 0.137 e. The van der Waals surface area contributed by atoms with Gasteiger partial charge in [0.15, 0.2) is 0 Å². The summed E-state index contributed by atoms with van der Waals surface area (Å²) in [4.78, 5) is 4.60. The molecule has 0 N–H and O–H groups in total.